The second-order valence-corrected chi connectivity index (χ2v) is 8.77. The zero-order valence-electron chi connectivity index (χ0n) is 16.0. The minimum Gasteiger partial charge on any atom is -0.302 e. The molecule has 1 saturated carbocycles. The first-order valence-electron chi connectivity index (χ1n) is 9.66. The zero-order chi connectivity index (χ0) is 19.8. The lowest BCUT2D eigenvalue weighted by Gasteiger charge is -2.32. The standard InChI is InChI=1S/C21H23N3O3S/c1-12-13(2)28-21(22-12)23-18(25)15-8-4-3-7-14(15)11-24-19(26)16-9-5-6-10-17(16)20(24)27/h5-6,9-10,14-15H,3-4,7-8,11H2,1-2H3,(H,22,23,25). The van der Waals surface area contributed by atoms with Crippen molar-refractivity contribution in [3.63, 3.8) is 0 Å². The van der Waals surface area contributed by atoms with Crippen LogP contribution < -0.4 is 5.32 Å². The smallest absolute Gasteiger partial charge is 0.261 e. The van der Waals surface area contributed by atoms with E-state index < -0.39 is 0 Å². The maximum Gasteiger partial charge on any atom is 0.261 e. The number of rotatable bonds is 4. The van der Waals surface area contributed by atoms with Gasteiger partial charge in [-0.1, -0.05) is 25.0 Å². The van der Waals surface area contributed by atoms with Gasteiger partial charge in [-0.2, -0.15) is 0 Å². The van der Waals surface area contributed by atoms with Crippen molar-refractivity contribution in [2.45, 2.75) is 39.5 Å². The SMILES string of the molecule is Cc1nc(NC(=O)C2CCCCC2CN2C(=O)c3ccccc3C2=O)sc1C. The average Bonchev–Trinajstić information content (AvgIpc) is 3.13. The first kappa shape index (κ1) is 18.8. The molecule has 2 aliphatic rings. The van der Waals surface area contributed by atoms with Crippen molar-refractivity contribution in [3.05, 3.63) is 46.0 Å². The fourth-order valence-electron chi connectivity index (χ4n) is 4.14. The summed E-state index contributed by atoms with van der Waals surface area (Å²) in [7, 11) is 0. The number of thiazole rings is 1. The highest BCUT2D eigenvalue weighted by Gasteiger charge is 2.40. The summed E-state index contributed by atoms with van der Waals surface area (Å²) in [4.78, 5) is 45.1. The third-order valence-corrected chi connectivity index (χ3v) is 6.79. The van der Waals surface area contributed by atoms with Crippen LogP contribution in [0.1, 0.15) is 57.0 Å². The fraction of sp³-hybridized carbons (Fsp3) is 0.429. The highest BCUT2D eigenvalue weighted by molar-refractivity contribution is 7.15. The van der Waals surface area contributed by atoms with Crippen molar-refractivity contribution in [3.8, 4) is 0 Å². The number of amides is 3. The van der Waals surface area contributed by atoms with Crippen molar-refractivity contribution in [1.82, 2.24) is 9.88 Å². The van der Waals surface area contributed by atoms with Gasteiger partial charge in [-0.15, -0.1) is 11.3 Å². The monoisotopic (exact) mass is 397 g/mol. The lowest BCUT2D eigenvalue weighted by molar-refractivity contribution is -0.122. The molecule has 0 bridgehead atoms. The molecule has 4 rings (SSSR count). The molecule has 0 saturated heterocycles. The van der Waals surface area contributed by atoms with Crippen molar-refractivity contribution < 1.29 is 14.4 Å². The average molecular weight is 398 g/mol. The lowest BCUT2D eigenvalue weighted by atomic mass is 9.78. The second-order valence-electron chi connectivity index (χ2n) is 7.57. The van der Waals surface area contributed by atoms with Gasteiger partial charge in [-0.05, 0) is 44.7 Å². The number of benzene rings is 1. The maximum absolute atomic E-state index is 12.9. The Labute approximate surface area is 168 Å². The van der Waals surface area contributed by atoms with E-state index >= 15 is 0 Å². The molecule has 1 aliphatic carbocycles. The van der Waals surface area contributed by atoms with Gasteiger partial charge < -0.3 is 5.32 Å². The molecule has 0 radical (unpaired) electrons. The van der Waals surface area contributed by atoms with Crippen LogP contribution in [0, 0.1) is 25.7 Å². The summed E-state index contributed by atoms with van der Waals surface area (Å²) in [6, 6.07) is 6.91. The molecule has 2 heterocycles. The van der Waals surface area contributed by atoms with Gasteiger partial charge in [0.15, 0.2) is 5.13 Å². The first-order valence-corrected chi connectivity index (χ1v) is 10.5. The molecule has 1 aromatic carbocycles. The zero-order valence-corrected chi connectivity index (χ0v) is 16.8. The van der Waals surface area contributed by atoms with E-state index in [1.807, 2.05) is 13.8 Å². The normalized spacial score (nSPS) is 21.7. The summed E-state index contributed by atoms with van der Waals surface area (Å²) in [5.41, 5.74) is 1.84. The van der Waals surface area contributed by atoms with Gasteiger partial charge in [0.25, 0.3) is 11.8 Å². The van der Waals surface area contributed by atoms with Crippen LogP contribution in [0.4, 0.5) is 5.13 Å². The van der Waals surface area contributed by atoms with E-state index in [2.05, 4.69) is 10.3 Å². The number of anilines is 1. The van der Waals surface area contributed by atoms with Crippen LogP contribution in [0.2, 0.25) is 0 Å². The minimum atomic E-state index is -0.253. The van der Waals surface area contributed by atoms with Crippen LogP contribution in [0.25, 0.3) is 0 Å². The minimum absolute atomic E-state index is 0.0295. The number of carbonyl (C=O) groups excluding carboxylic acids is 3. The summed E-state index contributed by atoms with van der Waals surface area (Å²) in [6.45, 7) is 4.20. The Hall–Kier alpha value is -2.54. The summed E-state index contributed by atoms with van der Waals surface area (Å²) in [6.07, 6.45) is 3.59. The van der Waals surface area contributed by atoms with Crippen molar-refractivity contribution in [2.75, 3.05) is 11.9 Å². The Bertz CT molecular complexity index is 898. The van der Waals surface area contributed by atoms with Gasteiger partial charge >= 0.3 is 0 Å². The van der Waals surface area contributed by atoms with Gasteiger partial charge in [0.05, 0.1) is 16.8 Å². The van der Waals surface area contributed by atoms with E-state index in [1.165, 1.54) is 16.2 Å². The molecule has 2 atom stereocenters. The van der Waals surface area contributed by atoms with Gasteiger partial charge in [0.1, 0.15) is 0 Å². The lowest BCUT2D eigenvalue weighted by Crippen LogP contribution is -2.41. The second kappa shape index (κ2) is 7.47. The van der Waals surface area contributed by atoms with Gasteiger partial charge in [-0.3, -0.25) is 19.3 Å². The number of carbonyl (C=O) groups is 3. The summed E-state index contributed by atoms with van der Waals surface area (Å²) in [5, 5.41) is 3.56. The third-order valence-electron chi connectivity index (χ3n) is 5.80. The molecule has 28 heavy (non-hydrogen) atoms. The number of aromatic nitrogens is 1. The topological polar surface area (TPSA) is 79.4 Å². The van der Waals surface area contributed by atoms with E-state index in [0.717, 1.165) is 36.3 Å². The number of nitrogens with zero attached hydrogens (tertiary/aromatic N) is 2. The molecular formula is C21H23N3O3S. The molecule has 3 amide bonds. The summed E-state index contributed by atoms with van der Waals surface area (Å²) >= 11 is 1.47. The van der Waals surface area contributed by atoms with Crippen LogP contribution in [0.15, 0.2) is 24.3 Å². The van der Waals surface area contributed by atoms with Gasteiger partial charge in [0.2, 0.25) is 5.91 Å². The number of imide groups is 1. The number of fused-ring (bicyclic) bond motifs is 1. The van der Waals surface area contributed by atoms with Crippen LogP contribution in [-0.4, -0.2) is 34.2 Å². The van der Waals surface area contributed by atoms with E-state index in [0.29, 0.717) is 22.8 Å². The van der Waals surface area contributed by atoms with Crippen LogP contribution in [-0.2, 0) is 4.79 Å². The molecule has 6 nitrogen and oxygen atoms in total. The highest BCUT2D eigenvalue weighted by Crippen LogP contribution is 2.34. The Morgan fingerprint density at radius 3 is 2.39 bits per heavy atom. The fourth-order valence-corrected chi connectivity index (χ4v) is 4.95. The van der Waals surface area contributed by atoms with Crippen LogP contribution in [0.5, 0.6) is 0 Å². The molecular weight excluding hydrogens is 374 g/mol. The highest BCUT2D eigenvalue weighted by atomic mass is 32.1. The summed E-state index contributed by atoms with van der Waals surface area (Å²) < 4.78 is 0. The molecule has 0 spiro atoms. The van der Waals surface area contributed by atoms with Crippen molar-refractivity contribution >= 4 is 34.2 Å². The van der Waals surface area contributed by atoms with Crippen LogP contribution in [0.3, 0.4) is 0 Å². The quantitative estimate of drug-likeness (QED) is 0.796. The summed E-state index contributed by atoms with van der Waals surface area (Å²) in [5.74, 6) is -0.816. The third kappa shape index (κ3) is 3.35. The number of hydrogen-bond acceptors (Lipinski definition) is 5. The van der Waals surface area contributed by atoms with E-state index in [-0.39, 0.29) is 29.6 Å². The Morgan fingerprint density at radius 2 is 1.79 bits per heavy atom. The Balaban J connectivity index is 1.49. The van der Waals surface area contributed by atoms with E-state index in [1.54, 1.807) is 24.3 Å². The maximum atomic E-state index is 12.9. The van der Waals surface area contributed by atoms with E-state index in [9.17, 15) is 14.4 Å². The first-order chi connectivity index (χ1) is 13.5. The molecule has 146 valence electrons. The van der Waals surface area contributed by atoms with Crippen molar-refractivity contribution in [1.29, 1.82) is 0 Å². The van der Waals surface area contributed by atoms with Crippen molar-refractivity contribution in [2.24, 2.45) is 11.8 Å². The Kier molecular flexibility index (Phi) is 5.02. The van der Waals surface area contributed by atoms with E-state index in [4.69, 9.17) is 0 Å². The molecule has 1 fully saturated rings. The number of hydrogen-bond donors (Lipinski definition) is 1. The molecule has 2 unspecified atom stereocenters. The molecule has 1 aromatic heterocycles. The largest absolute Gasteiger partial charge is 0.302 e. The molecule has 7 heteroatoms. The predicted octanol–water partition coefficient (Wildman–Crippen LogP) is 3.80. The molecule has 1 N–H and O–H groups in total. The van der Waals surface area contributed by atoms with Gasteiger partial charge in [0, 0.05) is 17.3 Å². The number of nitrogens with one attached hydrogen (secondary N) is 1. The molecule has 1 aliphatic heterocycles. The Morgan fingerprint density at radius 1 is 1.14 bits per heavy atom. The number of aryl methyl sites for hydroxylation is 2. The predicted molar refractivity (Wildman–Crippen MR) is 107 cm³/mol. The van der Waals surface area contributed by atoms with Gasteiger partial charge in [-0.25, -0.2) is 4.98 Å². The van der Waals surface area contributed by atoms with Crippen LogP contribution >= 0.6 is 11.3 Å². The molecule has 2 aromatic rings.